The molecule has 0 radical (unpaired) electrons. The second-order valence-electron chi connectivity index (χ2n) is 4.55. The zero-order valence-electron chi connectivity index (χ0n) is 11.4. The number of nitrogens with two attached hydrogens (primary N) is 1. The van der Waals surface area contributed by atoms with Gasteiger partial charge in [0.25, 0.3) is 0 Å². The van der Waals surface area contributed by atoms with Crippen molar-refractivity contribution in [3.05, 3.63) is 59.7 Å². The first kappa shape index (κ1) is 14.5. The summed E-state index contributed by atoms with van der Waals surface area (Å²) in [6, 6.07) is 15.5. The fourth-order valence-corrected chi connectivity index (χ4v) is 2.73. The van der Waals surface area contributed by atoms with E-state index in [-0.39, 0.29) is 5.91 Å². The Kier molecular flexibility index (Phi) is 5.07. The average Bonchev–Trinajstić information content (AvgIpc) is 2.43. The van der Waals surface area contributed by atoms with Crippen LogP contribution in [0.25, 0.3) is 0 Å². The van der Waals surface area contributed by atoms with E-state index in [0.717, 1.165) is 5.75 Å². The zero-order valence-corrected chi connectivity index (χ0v) is 12.2. The lowest BCUT2D eigenvalue weighted by molar-refractivity contribution is -0.113. The lowest BCUT2D eigenvalue weighted by Gasteiger charge is -2.08. The highest BCUT2D eigenvalue weighted by Gasteiger charge is 2.05. The van der Waals surface area contributed by atoms with Crippen LogP contribution in [0.2, 0.25) is 0 Å². The summed E-state index contributed by atoms with van der Waals surface area (Å²) in [4.78, 5) is 11.9. The minimum Gasteiger partial charge on any atom is -0.397 e. The summed E-state index contributed by atoms with van der Waals surface area (Å²) in [5, 5.41) is 2.83. The second kappa shape index (κ2) is 7.01. The van der Waals surface area contributed by atoms with Gasteiger partial charge in [-0.05, 0) is 30.2 Å². The van der Waals surface area contributed by atoms with E-state index in [9.17, 15) is 4.79 Å². The molecule has 0 saturated heterocycles. The Morgan fingerprint density at radius 3 is 2.60 bits per heavy atom. The van der Waals surface area contributed by atoms with Crippen LogP contribution in [0, 0.1) is 6.92 Å². The molecule has 0 heterocycles. The van der Waals surface area contributed by atoms with Crippen LogP contribution in [-0.4, -0.2) is 11.7 Å². The van der Waals surface area contributed by atoms with Crippen LogP contribution in [-0.2, 0) is 10.5 Å². The normalized spacial score (nSPS) is 10.2. The molecule has 104 valence electrons. The molecule has 20 heavy (non-hydrogen) atoms. The van der Waals surface area contributed by atoms with E-state index in [1.807, 2.05) is 24.3 Å². The maximum absolute atomic E-state index is 11.9. The van der Waals surface area contributed by atoms with Gasteiger partial charge in [0.2, 0.25) is 5.91 Å². The lowest BCUT2D eigenvalue weighted by Crippen LogP contribution is -2.15. The van der Waals surface area contributed by atoms with Crippen molar-refractivity contribution in [1.29, 1.82) is 0 Å². The van der Waals surface area contributed by atoms with Crippen molar-refractivity contribution >= 4 is 29.0 Å². The fourth-order valence-electron chi connectivity index (χ4n) is 1.82. The summed E-state index contributed by atoms with van der Waals surface area (Å²) in [5.74, 6) is 1.23. The van der Waals surface area contributed by atoms with E-state index in [1.165, 1.54) is 11.1 Å². The molecular weight excluding hydrogens is 268 g/mol. The standard InChI is InChI=1S/C16H18N2OS/c1-12-6-2-3-7-13(12)10-20-11-16(19)18-15-9-5-4-8-14(15)17/h2-9H,10-11,17H2,1H3,(H,18,19). The lowest BCUT2D eigenvalue weighted by atomic mass is 10.1. The van der Waals surface area contributed by atoms with Gasteiger partial charge in [0.05, 0.1) is 17.1 Å². The maximum Gasteiger partial charge on any atom is 0.234 e. The van der Waals surface area contributed by atoms with Gasteiger partial charge in [0.15, 0.2) is 0 Å². The number of hydrogen-bond donors (Lipinski definition) is 2. The van der Waals surface area contributed by atoms with Gasteiger partial charge in [-0.15, -0.1) is 11.8 Å². The number of aryl methyl sites for hydroxylation is 1. The topological polar surface area (TPSA) is 55.1 Å². The Balaban J connectivity index is 1.82. The van der Waals surface area contributed by atoms with Crippen molar-refractivity contribution in [2.75, 3.05) is 16.8 Å². The molecule has 0 atom stereocenters. The Hall–Kier alpha value is -1.94. The molecule has 2 rings (SSSR count). The van der Waals surface area contributed by atoms with Crippen LogP contribution in [0.5, 0.6) is 0 Å². The smallest absolute Gasteiger partial charge is 0.234 e. The van der Waals surface area contributed by atoms with E-state index >= 15 is 0 Å². The van der Waals surface area contributed by atoms with Crippen molar-refractivity contribution in [1.82, 2.24) is 0 Å². The monoisotopic (exact) mass is 286 g/mol. The van der Waals surface area contributed by atoms with E-state index in [0.29, 0.717) is 17.1 Å². The average molecular weight is 286 g/mol. The first-order valence-electron chi connectivity index (χ1n) is 6.43. The minimum absolute atomic E-state index is 0.0264. The van der Waals surface area contributed by atoms with E-state index < -0.39 is 0 Å². The number of anilines is 2. The van der Waals surface area contributed by atoms with Crippen molar-refractivity contribution < 1.29 is 4.79 Å². The highest BCUT2D eigenvalue weighted by molar-refractivity contribution is 7.99. The van der Waals surface area contributed by atoms with Crippen LogP contribution in [0.3, 0.4) is 0 Å². The molecule has 0 bridgehead atoms. The zero-order chi connectivity index (χ0) is 14.4. The highest BCUT2D eigenvalue weighted by atomic mass is 32.2. The number of nitrogens with one attached hydrogen (secondary N) is 1. The van der Waals surface area contributed by atoms with Gasteiger partial charge in [0.1, 0.15) is 0 Å². The van der Waals surface area contributed by atoms with Crippen LogP contribution in [0.15, 0.2) is 48.5 Å². The number of rotatable bonds is 5. The van der Waals surface area contributed by atoms with Crippen molar-refractivity contribution in [2.24, 2.45) is 0 Å². The highest BCUT2D eigenvalue weighted by Crippen LogP contribution is 2.19. The number of thioether (sulfide) groups is 1. The molecule has 1 amide bonds. The number of hydrogen-bond acceptors (Lipinski definition) is 3. The Morgan fingerprint density at radius 1 is 1.15 bits per heavy atom. The van der Waals surface area contributed by atoms with Gasteiger partial charge >= 0.3 is 0 Å². The van der Waals surface area contributed by atoms with E-state index in [4.69, 9.17) is 5.73 Å². The van der Waals surface area contributed by atoms with Crippen molar-refractivity contribution in [2.45, 2.75) is 12.7 Å². The molecule has 0 spiro atoms. The number of benzene rings is 2. The van der Waals surface area contributed by atoms with Crippen LogP contribution < -0.4 is 11.1 Å². The summed E-state index contributed by atoms with van der Waals surface area (Å²) in [6.07, 6.45) is 0. The largest absolute Gasteiger partial charge is 0.397 e. The summed E-state index contributed by atoms with van der Waals surface area (Å²) >= 11 is 1.60. The molecule has 0 aromatic heterocycles. The number of amides is 1. The number of carbonyl (C=O) groups excluding carboxylic acids is 1. The SMILES string of the molecule is Cc1ccccc1CSCC(=O)Nc1ccccc1N. The first-order valence-corrected chi connectivity index (χ1v) is 7.59. The Labute approximate surface area is 123 Å². The van der Waals surface area contributed by atoms with Crippen LogP contribution >= 0.6 is 11.8 Å². The molecule has 0 unspecified atom stereocenters. The third kappa shape index (κ3) is 4.03. The van der Waals surface area contributed by atoms with E-state index in [1.54, 1.807) is 23.9 Å². The number of carbonyl (C=O) groups is 1. The fraction of sp³-hybridized carbons (Fsp3) is 0.188. The molecule has 0 aliphatic carbocycles. The van der Waals surface area contributed by atoms with Gasteiger partial charge in [0, 0.05) is 5.75 Å². The molecule has 0 aliphatic rings. The van der Waals surface area contributed by atoms with Crippen LogP contribution in [0.1, 0.15) is 11.1 Å². The summed E-state index contributed by atoms with van der Waals surface area (Å²) in [6.45, 7) is 2.08. The molecule has 0 aliphatic heterocycles. The number of para-hydroxylation sites is 2. The predicted molar refractivity (Wildman–Crippen MR) is 86.8 cm³/mol. The molecule has 4 heteroatoms. The predicted octanol–water partition coefficient (Wildman–Crippen LogP) is 3.45. The van der Waals surface area contributed by atoms with Crippen molar-refractivity contribution in [3.63, 3.8) is 0 Å². The minimum atomic E-state index is -0.0264. The Morgan fingerprint density at radius 2 is 1.85 bits per heavy atom. The van der Waals surface area contributed by atoms with Gasteiger partial charge in [-0.2, -0.15) is 0 Å². The van der Waals surface area contributed by atoms with Crippen molar-refractivity contribution in [3.8, 4) is 0 Å². The molecule has 3 nitrogen and oxygen atoms in total. The molecule has 2 aromatic rings. The van der Waals surface area contributed by atoms with Gasteiger partial charge < -0.3 is 11.1 Å². The quantitative estimate of drug-likeness (QED) is 0.828. The molecule has 0 saturated carbocycles. The summed E-state index contributed by atoms with van der Waals surface area (Å²) < 4.78 is 0. The van der Waals surface area contributed by atoms with Gasteiger partial charge in [-0.1, -0.05) is 36.4 Å². The number of nitrogen functional groups attached to an aromatic ring is 1. The molecular formula is C16H18N2OS. The second-order valence-corrected chi connectivity index (χ2v) is 5.54. The molecule has 0 fully saturated rings. The van der Waals surface area contributed by atoms with Gasteiger partial charge in [-0.3, -0.25) is 4.79 Å². The molecule has 2 aromatic carbocycles. The van der Waals surface area contributed by atoms with E-state index in [2.05, 4.69) is 24.4 Å². The summed E-state index contributed by atoms with van der Waals surface area (Å²) in [5.41, 5.74) is 9.57. The third-order valence-corrected chi connectivity index (χ3v) is 3.97. The first-order chi connectivity index (χ1) is 9.66. The third-order valence-electron chi connectivity index (χ3n) is 2.99. The van der Waals surface area contributed by atoms with Gasteiger partial charge in [-0.25, -0.2) is 0 Å². The van der Waals surface area contributed by atoms with Crippen LogP contribution in [0.4, 0.5) is 11.4 Å². The molecule has 3 N–H and O–H groups in total. The summed E-state index contributed by atoms with van der Waals surface area (Å²) in [7, 11) is 0. The maximum atomic E-state index is 11.9. The Bertz CT molecular complexity index is 599.